The lowest BCUT2D eigenvalue weighted by atomic mass is 9.49. The fourth-order valence-corrected chi connectivity index (χ4v) is 7.95. The number of aliphatic hydroxyl groups is 1. The molecule has 6 atom stereocenters. The van der Waals surface area contributed by atoms with Crippen LogP contribution in [0.25, 0.3) is 21.9 Å². The van der Waals surface area contributed by atoms with Crippen LogP contribution in [-0.4, -0.2) is 50.6 Å². The third-order valence-corrected chi connectivity index (χ3v) is 9.79. The van der Waals surface area contributed by atoms with Gasteiger partial charge < -0.3 is 15.9 Å². The van der Waals surface area contributed by atoms with E-state index in [9.17, 15) is 39.0 Å². The van der Waals surface area contributed by atoms with E-state index < -0.39 is 70.1 Å². The van der Waals surface area contributed by atoms with E-state index in [0.29, 0.717) is 16.7 Å². The van der Waals surface area contributed by atoms with Crippen molar-refractivity contribution in [2.45, 2.75) is 39.2 Å². The van der Waals surface area contributed by atoms with E-state index in [-0.39, 0.29) is 29.9 Å². The lowest BCUT2D eigenvalue weighted by Gasteiger charge is -2.52. The van der Waals surface area contributed by atoms with Gasteiger partial charge in [-0.3, -0.25) is 28.8 Å². The van der Waals surface area contributed by atoms with Crippen LogP contribution in [0.2, 0.25) is 0 Å². The summed E-state index contributed by atoms with van der Waals surface area (Å²) in [5.41, 5.74) is 5.02. The quantitative estimate of drug-likeness (QED) is 0.312. The number of benzene rings is 3. The molecular weight excluding hydrogens is 550 g/mol. The summed E-state index contributed by atoms with van der Waals surface area (Å²) in [6, 6.07) is 14.0. The van der Waals surface area contributed by atoms with Gasteiger partial charge >= 0.3 is 0 Å². The Morgan fingerprint density at radius 2 is 1.58 bits per heavy atom. The number of nitrogens with two attached hydrogens (primary N) is 1. The molecule has 0 spiro atoms. The Balaban J connectivity index is 1.53. The Labute approximate surface area is 247 Å². The summed E-state index contributed by atoms with van der Waals surface area (Å²) in [7, 11) is 0. The van der Waals surface area contributed by atoms with Gasteiger partial charge in [0.25, 0.3) is 0 Å². The van der Waals surface area contributed by atoms with Crippen molar-refractivity contribution in [2.75, 3.05) is 0 Å². The first-order valence-electron chi connectivity index (χ1n) is 14.4. The van der Waals surface area contributed by atoms with Crippen LogP contribution in [0.15, 0.2) is 48.5 Å². The largest absolute Gasteiger partial charge is 0.507 e. The van der Waals surface area contributed by atoms with Gasteiger partial charge in [0, 0.05) is 17.4 Å². The summed E-state index contributed by atoms with van der Waals surface area (Å²) >= 11 is 0. The van der Waals surface area contributed by atoms with E-state index in [2.05, 4.69) is 0 Å². The number of hydrogen-bond acceptors (Lipinski definition) is 8. The van der Waals surface area contributed by atoms with Crippen molar-refractivity contribution in [1.29, 1.82) is 0 Å². The number of primary amides is 1. The highest BCUT2D eigenvalue weighted by molar-refractivity contribution is 6.32. The maximum Gasteiger partial charge on any atom is 0.235 e. The Morgan fingerprint density at radius 1 is 0.930 bits per heavy atom. The van der Waals surface area contributed by atoms with Crippen LogP contribution in [0, 0.1) is 35.5 Å². The van der Waals surface area contributed by atoms with E-state index in [0.717, 1.165) is 16.3 Å². The molecule has 9 nitrogen and oxygen atoms in total. The second-order valence-corrected chi connectivity index (χ2v) is 12.4. The van der Waals surface area contributed by atoms with Gasteiger partial charge in [0.05, 0.1) is 11.5 Å². The number of phenols is 1. The van der Waals surface area contributed by atoms with E-state index >= 15 is 0 Å². The zero-order valence-electron chi connectivity index (χ0n) is 23.9. The van der Waals surface area contributed by atoms with Crippen LogP contribution in [0.1, 0.15) is 53.5 Å². The van der Waals surface area contributed by atoms with E-state index in [1.807, 2.05) is 24.3 Å². The van der Waals surface area contributed by atoms with Crippen LogP contribution < -0.4 is 5.73 Å². The third kappa shape index (κ3) is 3.87. The molecule has 0 bridgehead atoms. The molecule has 43 heavy (non-hydrogen) atoms. The minimum atomic E-state index is -2.73. The van der Waals surface area contributed by atoms with Gasteiger partial charge in [-0.15, -0.1) is 0 Å². The molecule has 0 radical (unpaired) electrons. The maximum atomic E-state index is 14.1. The Kier molecular flexibility index (Phi) is 6.50. The zero-order chi connectivity index (χ0) is 31.1. The van der Waals surface area contributed by atoms with Crippen LogP contribution >= 0.6 is 0 Å². The van der Waals surface area contributed by atoms with E-state index in [4.69, 9.17) is 5.73 Å². The molecular formula is C34H31NO8. The predicted molar refractivity (Wildman–Crippen MR) is 155 cm³/mol. The molecule has 6 rings (SSSR count). The molecule has 3 aliphatic carbocycles. The monoisotopic (exact) mass is 581 g/mol. The molecule has 3 aliphatic rings. The number of hydrogen-bond donors (Lipinski definition) is 3. The van der Waals surface area contributed by atoms with Gasteiger partial charge in [-0.2, -0.15) is 0 Å². The first-order chi connectivity index (χ1) is 20.3. The SMILES string of the molecule is CC(=O)c1ccc(-c2ccc(O)c3c2C[C@H]2C[C@H]4[C@H](C(C)C)C(=O)C(C(N)=O)C(=O)[C@@]4(O)C(=O)C2C3=O)c2ccccc12. The molecule has 220 valence electrons. The predicted octanol–water partition coefficient (Wildman–Crippen LogP) is 3.23. The number of carbonyl (C=O) groups is 6. The van der Waals surface area contributed by atoms with Crippen molar-refractivity contribution in [2.24, 2.45) is 41.2 Å². The van der Waals surface area contributed by atoms with Gasteiger partial charge in [0.2, 0.25) is 5.91 Å². The molecule has 1 amide bonds. The zero-order valence-corrected chi connectivity index (χ0v) is 23.9. The average molecular weight is 582 g/mol. The Hall–Kier alpha value is -4.50. The van der Waals surface area contributed by atoms with Crippen LogP contribution in [0.3, 0.4) is 0 Å². The number of aromatic hydroxyl groups is 1. The summed E-state index contributed by atoms with van der Waals surface area (Å²) < 4.78 is 0. The van der Waals surface area contributed by atoms with Crippen molar-refractivity contribution >= 4 is 45.6 Å². The topological polar surface area (TPSA) is 169 Å². The number of phenolic OH excluding ortho intramolecular Hbond substituents is 1. The average Bonchev–Trinajstić information content (AvgIpc) is 2.94. The maximum absolute atomic E-state index is 14.1. The van der Waals surface area contributed by atoms with E-state index in [1.165, 1.54) is 13.0 Å². The highest BCUT2D eigenvalue weighted by Gasteiger charge is 2.69. The normalized spacial score (nSPS) is 28.4. The molecule has 3 aromatic rings. The van der Waals surface area contributed by atoms with Crippen molar-refractivity contribution in [3.63, 3.8) is 0 Å². The van der Waals surface area contributed by atoms with Crippen LogP contribution in [0.5, 0.6) is 5.75 Å². The standard InChI is InChI=1S/C34H31NO8/c1-14(2)25-23-13-16-12-22-21(20-9-8-17(15(3)36)18-6-4-5-7-19(18)20)10-11-24(37)27(22)30(39)26(16)31(40)34(23,43)32(41)28(29(25)38)33(35)42/h4-11,14,16,23,25-26,28,37,43H,12-13H2,1-3H3,(H2,35,42)/t16-,23-,25-,26?,28?,34-/m0/s1. The molecule has 0 saturated heterocycles. The van der Waals surface area contributed by atoms with E-state index in [1.54, 1.807) is 32.0 Å². The molecule has 3 aromatic carbocycles. The van der Waals surface area contributed by atoms with Crippen molar-refractivity contribution < 1.29 is 39.0 Å². The molecule has 0 aliphatic heterocycles. The summed E-state index contributed by atoms with van der Waals surface area (Å²) in [5.74, 6) is -12.1. The van der Waals surface area contributed by atoms with Crippen molar-refractivity contribution in [1.82, 2.24) is 0 Å². The fourth-order valence-electron chi connectivity index (χ4n) is 7.95. The number of carbonyl (C=O) groups excluding carboxylic acids is 6. The summed E-state index contributed by atoms with van der Waals surface area (Å²) in [4.78, 5) is 79.5. The molecule has 0 aromatic heterocycles. The number of Topliss-reactive ketones (excluding diaryl/α,β-unsaturated/α-hetero) is 5. The van der Waals surface area contributed by atoms with Crippen LogP contribution in [-0.2, 0) is 25.6 Å². The van der Waals surface area contributed by atoms with Crippen LogP contribution in [0.4, 0.5) is 0 Å². The Bertz CT molecular complexity index is 1810. The molecule has 2 fully saturated rings. The lowest BCUT2D eigenvalue weighted by molar-refractivity contribution is -0.182. The minimum Gasteiger partial charge on any atom is -0.507 e. The number of rotatable bonds is 4. The lowest BCUT2D eigenvalue weighted by Crippen LogP contribution is -2.71. The molecule has 4 N–H and O–H groups in total. The van der Waals surface area contributed by atoms with Gasteiger partial charge in [-0.1, -0.05) is 56.3 Å². The van der Waals surface area contributed by atoms with Crippen molar-refractivity contribution in [3.8, 4) is 16.9 Å². The fraction of sp³-hybridized carbons (Fsp3) is 0.353. The minimum absolute atomic E-state index is 0.00299. The summed E-state index contributed by atoms with van der Waals surface area (Å²) in [6.07, 6.45) is 0.159. The second kappa shape index (κ2) is 9.77. The van der Waals surface area contributed by atoms with Gasteiger partial charge in [-0.05, 0) is 65.1 Å². The van der Waals surface area contributed by atoms with Gasteiger partial charge in [0.15, 0.2) is 40.4 Å². The molecule has 9 heteroatoms. The number of ketones is 5. The molecule has 2 saturated carbocycles. The Morgan fingerprint density at radius 3 is 2.21 bits per heavy atom. The van der Waals surface area contributed by atoms with Crippen molar-refractivity contribution in [3.05, 3.63) is 65.2 Å². The summed E-state index contributed by atoms with van der Waals surface area (Å²) in [5, 5.41) is 24.2. The highest BCUT2D eigenvalue weighted by Crippen LogP contribution is 2.54. The molecule has 2 unspecified atom stereocenters. The number of fused-ring (bicyclic) bond motifs is 4. The first-order valence-corrected chi connectivity index (χ1v) is 14.4. The first kappa shape index (κ1) is 28.6. The highest BCUT2D eigenvalue weighted by atomic mass is 16.3. The molecule has 0 heterocycles. The van der Waals surface area contributed by atoms with Gasteiger partial charge in [-0.25, -0.2) is 0 Å². The third-order valence-electron chi connectivity index (χ3n) is 9.79. The summed E-state index contributed by atoms with van der Waals surface area (Å²) in [6.45, 7) is 4.90. The van der Waals surface area contributed by atoms with Gasteiger partial charge in [0.1, 0.15) is 5.75 Å². The smallest absolute Gasteiger partial charge is 0.235 e. The number of amides is 1. The second-order valence-electron chi connectivity index (χ2n) is 12.4.